The fourth-order valence-corrected chi connectivity index (χ4v) is 2.50. The number of carbonyl (C=O) groups is 1. The van der Waals surface area contributed by atoms with Crippen LogP contribution in [-0.4, -0.2) is 41.0 Å². The predicted octanol–water partition coefficient (Wildman–Crippen LogP) is 1.53. The molecule has 122 valence electrons. The summed E-state index contributed by atoms with van der Waals surface area (Å²) >= 11 is 0. The standard InChI is InChI=1S/C16H18FN3O3/c1-20-9-11(8-18-20)16(21)19-14-5-6-22-10-15(14)23-13-4-2-3-12(17)7-13/h2-4,7-9,14-15H,5-6,10H2,1H3,(H,19,21)/t14-,15-/m1/s1. The first-order valence-corrected chi connectivity index (χ1v) is 7.41. The average Bonchev–Trinajstić information content (AvgIpc) is 2.96. The second-order valence-corrected chi connectivity index (χ2v) is 5.46. The van der Waals surface area contributed by atoms with Crippen LogP contribution in [0, 0.1) is 5.82 Å². The molecule has 3 rings (SSSR count). The molecule has 1 saturated heterocycles. The molecule has 1 amide bonds. The number of aromatic nitrogens is 2. The molecular formula is C16H18FN3O3. The van der Waals surface area contributed by atoms with E-state index >= 15 is 0 Å². The third-order valence-corrected chi connectivity index (χ3v) is 3.67. The van der Waals surface area contributed by atoms with Crippen LogP contribution < -0.4 is 10.1 Å². The van der Waals surface area contributed by atoms with Gasteiger partial charge < -0.3 is 14.8 Å². The smallest absolute Gasteiger partial charge is 0.254 e. The Hall–Kier alpha value is -2.41. The summed E-state index contributed by atoms with van der Waals surface area (Å²) in [4.78, 5) is 12.3. The summed E-state index contributed by atoms with van der Waals surface area (Å²) in [6.07, 6.45) is 3.42. The van der Waals surface area contributed by atoms with Crippen molar-refractivity contribution in [3.8, 4) is 5.75 Å². The van der Waals surface area contributed by atoms with Crippen molar-refractivity contribution in [3.05, 3.63) is 48.0 Å². The van der Waals surface area contributed by atoms with Gasteiger partial charge in [0.1, 0.15) is 17.7 Å². The Morgan fingerprint density at radius 3 is 3.13 bits per heavy atom. The number of hydrogen-bond donors (Lipinski definition) is 1. The summed E-state index contributed by atoms with van der Waals surface area (Å²) in [6, 6.07) is 5.72. The van der Waals surface area contributed by atoms with Gasteiger partial charge in [-0.25, -0.2) is 4.39 Å². The topological polar surface area (TPSA) is 65.4 Å². The molecule has 1 N–H and O–H groups in total. The van der Waals surface area contributed by atoms with Crippen molar-refractivity contribution in [1.82, 2.24) is 15.1 Å². The lowest BCUT2D eigenvalue weighted by Crippen LogP contribution is -2.51. The summed E-state index contributed by atoms with van der Waals surface area (Å²) < 4.78 is 26.0. The van der Waals surface area contributed by atoms with E-state index in [1.165, 1.54) is 18.3 Å². The second kappa shape index (κ2) is 6.78. The third kappa shape index (κ3) is 3.87. The van der Waals surface area contributed by atoms with E-state index in [9.17, 15) is 9.18 Å². The van der Waals surface area contributed by atoms with Crippen molar-refractivity contribution in [2.75, 3.05) is 13.2 Å². The van der Waals surface area contributed by atoms with E-state index in [1.54, 1.807) is 30.1 Å². The Kier molecular flexibility index (Phi) is 4.57. The number of rotatable bonds is 4. The summed E-state index contributed by atoms with van der Waals surface area (Å²) in [6.45, 7) is 0.884. The zero-order valence-corrected chi connectivity index (χ0v) is 12.7. The number of halogens is 1. The lowest BCUT2D eigenvalue weighted by atomic mass is 10.1. The number of amides is 1. The highest BCUT2D eigenvalue weighted by Gasteiger charge is 2.29. The molecule has 0 aliphatic carbocycles. The molecule has 2 aromatic rings. The van der Waals surface area contributed by atoms with E-state index in [0.29, 0.717) is 30.9 Å². The van der Waals surface area contributed by atoms with E-state index in [2.05, 4.69) is 10.4 Å². The minimum absolute atomic E-state index is 0.209. The van der Waals surface area contributed by atoms with Gasteiger partial charge in [0.25, 0.3) is 5.91 Å². The highest BCUT2D eigenvalue weighted by Crippen LogP contribution is 2.19. The molecule has 1 aromatic heterocycles. The minimum atomic E-state index is -0.369. The van der Waals surface area contributed by atoms with Gasteiger partial charge in [-0.05, 0) is 18.6 Å². The zero-order chi connectivity index (χ0) is 16.2. The predicted molar refractivity (Wildman–Crippen MR) is 80.7 cm³/mol. The number of aryl methyl sites for hydroxylation is 1. The quantitative estimate of drug-likeness (QED) is 0.928. The number of nitrogens with one attached hydrogen (secondary N) is 1. The molecule has 7 heteroatoms. The molecule has 1 fully saturated rings. The highest BCUT2D eigenvalue weighted by molar-refractivity contribution is 5.93. The molecule has 0 saturated carbocycles. The Morgan fingerprint density at radius 2 is 2.39 bits per heavy atom. The first-order chi connectivity index (χ1) is 11.1. The van der Waals surface area contributed by atoms with E-state index in [-0.39, 0.29) is 23.9 Å². The number of hydrogen-bond acceptors (Lipinski definition) is 4. The third-order valence-electron chi connectivity index (χ3n) is 3.67. The molecule has 0 spiro atoms. The second-order valence-electron chi connectivity index (χ2n) is 5.46. The van der Waals surface area contributed by atoms with Gasteiger partial charge in [0.15, 0.2) is 0 Å². The largest absolute Gasteiger partial charge is 0.486 e. The SMILES string of the molecule is Cn1cc(C(=O)N[C@@H]2CCOC[C@H]2Oc2cccc(F)c2)cn1. The Bertz CT molecular complexity index is 689. The van der Waals surface area contributed by atoms with Gasteiger partial charge in [0, 0.05) is 25.9 Å². The van der Waals surface area contributed by atoms with Crippen molar-refractivity contribution in [3.63, 3.8) is 0 Å². The molecule has 1 aliphatic heterocycles. The molecule has 6 nitrogen and oxygen atoms in total. The van der Waals surface area contributed by atoms with Crippen LogP contribution in [0.5, 0.6) is 5.75 Å². The van der Waals surface area contributed by atoms with E-state index in [1.807, 2.05) is 0 Å². The first kappa shape index (κ1) is 15.5. The minimum Gasteiger partial charge on any atom is -0.486 e. The first-order valence-electron chi connectivity index (χ1n) is 7.41. The van der Waals surface area contributed by atoms with E-state index < -0.39 is 0 Å². The van der Waals surface area contributed by atoms with Gasteiger partial charge in [0.05, 0.1) is 24.4 Å². The summed E-state index contributed by atoms with van der Waals surface area (Å²) in [5.41, 5.74) is 0.489. The van der Waals surface area contributed by atoms with Crippen LogP contribution in [0.15, 0.2) is 36.7 Å². The lowest BCUT2D eigenvalue weighted by Gasteiger charge is -2.32. The molecule has 23 heavy (non-hydrogen) atoms. The molecular weight excluding hydrogens is 301 g/mol. The number of nitrogens with zero attached hydrogens (tertiary/aromatic N) is 2. The molecule has 1 aromatic carbocycles. The highest BCUT2D eigenvalue weighted by atomic mass is 19.1. The van der Waals surface area contributed by atoms with E-state index in [0.717, 1.165) is 0 Å². The molecule has 0 bridgehead atoms. The van der Waals surface area contributed by atoms with Crippen LogP contribution in [0.4, 0.5) is 4.39 Å². The normalized spacial score (nSPS) is 21.0. The maximum atomic E-state index is 13.3. The van der Waals surface area contributed by atoms with Crippen molar-refractivity contribution >= 4 is 5.91 Å². The van der Waals surface area contributed by atoms with E-state index in [4.69, 9.17) is 9.47 Å². The maximum Gasteiger partial charge on any atom is 0.254 e. The molecule has 0 unspecified atom stereocenters. The number of ether oxygens (including phenoxy) is 2. The number of carbonyl (C=O) groups excluding carboxylic acids is 1. The van der Waals surface area contributed by atoms with Crippen molar-refractivity contribution in [1.29, 1.82) is 0 Å². The van der Waals surface area contributed by atoms with Gasteiger partial charge in [-0.2, -0.15) is 5.10 Å². The van der Waals surface area contributed by atoms with Crippen molar-refractivity contribution in [2.45, 2.75) is 18.6 Å². The monoisotopic (exact) mass is 319 g/mol. The Balaban J connectivity index is 1.67. The summed E-state index contributed by atoms with van der Waals surface area (Å²) in [7, 11) is 1.75. The van der Waals surface area contributed by atoms with Crippen LogP contribution in [0.1, 0.15) is 16.8 Å². The van der Waals surface area contributed by atoms with Gasteiger partial charge in [0.2, 0.25) is 0 Å². The lowest BCUT2D eigenvalue weighted by molar-refractivity contribution is -0.0136. The summed E-state index contributed by atoms with van der Waals surface area (Å²) in [5, 5.41) is 6.93. The average molecular weight is 319 g/mol. The van der Waals surface area contributed by atoms with Crippen LogP contribution in [0.3, 0.4) is 0 Å². The van der Waals surface area contributed by atoms with Crippen molar-refractivity contribution in [2.24, 2.45) is 7.05 Å². The molecule has 1 aliphatic rings. The van der Waals surface area contributed by atoms with Gasteiger partial charge in [-0.1, -0.05) is 6.07 Å². The van der Waals surface area contributed by atoms with Crippen LogP contribution in [-0.2, 0) is 11.8 Å². The fourth-order valence-electron chi connectivity index (χ4n) is 2.50. The zero-order valence-electron chi connectivity index (χ0n) is 12.7. The fraction of sp³-hybridized carbons (Fsp3) is 0.375. The molecule has 0 radical (unpaired) electrons. The molecule has 2 atom stereocenters. The Morgan fingerprint density at radius 1 is 1.52 bits per heavy atom. The molecule has 2 heterocycles. The summed E-state index contributed by atoms with van der Waals surface area (Å²) in [5.74, 6) is -0.158. The van der Waals surface area contributed by atoms with Crippen LogP contribution >= 0.6 is 0 Å². The van der Waals surface area contributed by atoms with Crippen LogP contribution in [0.2, 0.25) is 0 Å². The Labute approximate surface area is 133 Å². The number of benzene rings is 1. The van der Waals surface area contributed by atoms with Crippen molar-refractivity contribution < 1.29 is 18.7 Å². The van der Waals surface area contributed by atoms with Gasteiger partial charge >= 0.3 is 0 Å². The van der Waals surface area contributed by atoms with Gasteiger partial charge in [-0.3, -0.25) is 9.48 Å². The van der Waals surface area contributed by atoms with Crippen LogP contribution in [0.25, 0.3) is 0 Å². The maximum absolute atomic E-state index is 13.3. The van der Waals surface area contributed by atoms with Gasteiger partial charge in [-0.15, -0.1) is 0 Å².